The van der Waals surface area contributed by atoms with E-state index in [0.29, 0.717) is 32.6 Å². The van der Waals surface area contributed by atoms with Gasteiger partial charge < -0.3 is 9.67 Å². The molecule has 3 rings (SSSR count). The Hall–Kier alpha value is -1.70. The van der Waals surface area contributed by atoms with Gasteiger partial charge in [-0.2, -0.15) is 0 Å². The quantitative estimate of drug-likeness (QED) is 0.789. The number of carboxylic acids is 1. The number of nitrogens with zero attached hydrogens (tertiary/aromatic N) is 4. The lowest BCUT2D eigenvalue weighted by Gasteiger charge is -2.05. The number of hydrogen-bond donors (Lipinski definition) is 1. The summed E-state index contributed by atoms with van der Waals surface area (Å²) in [5, 5.41) is 13.8. The van der Waals surface area contributed by atoms with Crippen LogP contribution in [-0.2, 0) is 11.3 Å². The van der Waals surface area contributed by atoms with E-state index in [1.165, 1.54) is 0 Å². The average Bonchev–Trinajstić information content (AvgIpc) is 2.95. The zero-order valence-corrected chi connectivity index (χ0v) is 13.0. The van der Waals surface area contributed by atoms with E-state index in [-0.39, 0.29) is 6.54 Å². The number of aryl methyl sites for hydroxylation is 1. The van der Waals surface area contributed by atoms with Gasteiger partial charge in [-0.1, -0.05) is 27.7 Å². The van der Waals surface area contributed by atoms with E-state index in [1.54, 1.807) is 23.6 Å². The summed E-state index contributed by atoms with van der Waals surface area (Å²) in [5.41, 5.74) is 1.88. The van der Waals surface area contributed by atoms with E-state index in [1.807, 2.05) is 0 Å². The zero-order chi connectivity index (χ0) is 15.1. The van der Waals surface area contributed by atoms with Crippen molar-refractivity contribution < 1.29 is 9.90 Å². The molecule has 0 saturated heterocycles. The molecule has 0 aliphatic carbocycles. The molecule has 2 heterocycles. The third-order valence-electron chi connectivity index (χ3n) is 2.94. The number of carboxylic acid groups (broad SMARTS) is 1. The number of fused-ring (bicyclic) bond motifs is 1. The minimum atomic E-state index is -0.975. The fourth-order valence-corrected chi connectivity index (χ4v) is 3.00. The maximum absolute atomic E-state index is 11.1. The van der Waals surface area contributed by atoms with Gasteiger partial charge in [-0.05, 0) is 30.6 Å². The van der Waals surface area contributed by atoms with Gasteiger partial charge in [-0.3, -0.25) is 4.79 Å². The lowest BCUT2D eigenvalue weighted by molar-refractivity contribution is -0.137. The van der Waals surface area contributed by atoms with Gasteiger partial charge in [0.05, 0.1) is 26.8 Å². The lowest BCUT2D eigenvalue weighted by atomic mass is 10.3. The van der Waals surface area contributed by atoms with Crippen molar-refractivity contribution in [1.82, 2.24) is 19.1 Å². The van der Waals surface area contributed by atoms with Gasteiger partial charge in [-0.15, -0.1) is 5.10 Å². The predicted octanol–water partition coefficient (Wildman–Crippen LogP) is 3.25. The first-order chi connectivity index (χ1) is 9.97. The SMILES string of the molecule is Cc1nnsc1-c1nc2cc(Cl)c(Cl)cc2n1CC(=O)O. The summed E-state index contributed by atoms with van der Waals surface area (Å²) >= 11 is 13.2. The van der Waals surface area contributed by atoms with E-state index in [9.17, 15) is 4.79 Å². The Labute approximate surface area is 133 Å². The first-order valence-corrected chi connectivity index (χ1v) is 7.36. The molecule has 0 amide bonds. The van der Waals surface area contributed by atoms with E-state index in [0.717, 1.165) is 16.4 Å². The second kappa shape index (κ2) is 5.25. The highest BCUT2D eigenvalue weighted by Gasteiger charge is 2.19. The van der Waals surface area contributed by atoms with Crippen molar-refractivity contribution in [3.8, 4) is 10.7 Å². The van der Waals surface area contributed by atoms with Crippen molar-refractivity contribution in [3.05, 3.63) is 27.9 Å². The highest BCUT2D eigenvalue weighted by Crippen LogP contribution is 2.33. The van der Waals surface area contributed by atoms with Gasteiger partial charge in [0.25, 0.3) is 0 Å². The molecule has 0 bridgehead atoms. The van der Waals surface area contributed by atoms with E-state index in [2.05, 4.69) is 14.6 Å². The van der Waals surface area contributed by atoms with Crippen LogP contribution in [0.3, 0.4) is 0 Å². The molecule has 0 aliphatic rings. The van der Waals surface area contributed by atoms with E-state index in [4.69, 9.17) is 28.3 Å². The normalized spacial score (nSPS) is 11.2. The molecule has 1 N–H and O–H groups in total. The molecule has 108 valence electrons. The fourth-order valence-electron chi connectivity index (χ4n) is 2.03. The third-order valence-corrected chi connectivity index (χ3v) is 4.48. The Morgan fingerprint density at radius 2 is 2.10 bits per heavy atom. The molecule has 0 fully saturated rings. The molecular formula is C12H8Cl2N4O2S. The smallest absolute Gasteiger partial charge is 0.323 e. The second-order valence-corrected chi connectivity index (χ2v) is 5.93. The van der Waals surface area contributed by atoms with Crippen LogP contribution in [0.15, 0.2) is 12.1 Å². The topological polar surface area (TPSA) is 80.9 Å². The molecule has 0 unspecified atom stereocenters. The molecule has 9 heteroatoms. The molecule has 0 aliphatic heterocycles. The number of rotatable bonds is 3. The molecule has 21 heavy (non-hydrogen) atoms. The number of aromatic nitrogens is 4. The highest BCUT2D eigenvalue weighted by atomic mass is 35.5. The van der Waals surface area contributed by atoms with Gasteiger partial charge in [0.15, 0.2) is 5.82 Å². The van der Waals surface area contributed by atoms with Crippen LogP contribution in [0, 0.1) is 6.92 Å². The van der Waals surface area contributed by atoms with Gasteiger partial charge in [0, 0.05) is 0 Å². The number of carbonyl (C=O) groups is 1. The monoisotopic (exact) mass is 342 g/mol. The van der Waals surface area contributed by atoms with Crippen LogP contribution in [0.4, 0.5) is 0 Å². The number of benzene rings is 1. The van der Waals surface area contributed by atoms with Crippen LogP contribution >= 0.6 is 34.7 Å². The van der Waals surface area contributed by atoms with Crippen molar-refractivity contribution in [3.63, 3.8) is 0 Å². The zero-order valence-electron chi connectivity index (χ0n) is 10.7. The van der Waals surface area contributed by atoms with Gasteiger partial charge >= 0.3 is 5.97 Å². The first kappa shape index (κ1) is 14.2. The molecule has 1 aromatic carbocycles. The maximum atomic E-state index is 11.1. The largest absolute Gasteiger partial charge is 0.480 e. The van der Waals surface area contributed by atoms with Crippen molar-refractivity contribution in [2.24, 2.45) is 0 Å². The Balaban J connectivity index is 2.33. The Bertz CT molecular complexity index is 858. The highest BCUT2D eigenvalue weighted by molar-refractivity contribution is 7.09. The van der Waals surface area contributed by atoms with Gasteiger partial charge in [0.1, 0.15) is 11.4 Å². The van der Waals surface area contributed by atoms with E-state index < -0.39 is 5.97 Å². The number of halogens is 2. The summed E-state index contributed by atoms with van der Waals surface area (Å²) in [5.74, 6) is -0.477. The van der Waals surface area contributed by atoms with Crippen molar-refractivity contribution in [2.75, 3.05) is 0 Å². The summed E-state index contributed by atoms with van der Waals surface area (Å²) in [6.07, 6.45) is 0. The summed E-state index contributed by atoms with van der Waals surface area (Å²) in [6.45, 7) is 1.56. The van der Waals surface area contributed by atoms with Crippen LogP contribution < -0.4 is 0 Å². The molecule has 3 aromatic rings. The number of aliphatic carboxylic acids is 1. The van der Waals surface area contributed by atoms with Crippen LogP contribution in [-0.4, -0.2) is 30.2 Å². The summed E-state index contributed by atoms with van der Waals surface area (Å²) in [4.78, 5) is 16.3. The van der Waals surface area contributed by atoms with Crippen LogP contribution in [0.25, 0.3) is 21.7 Å². The van der Waals surface area contributed by atoms with Crippen LogP contribution in [0.5, 0.6) is 0 Å². The maximum Gasteiger partial charge on any atom is 0.323 e. The summed E-state index contributed by atoms with van der Waals surface area (Å²) in [6, 6.07) is 3.23. The molecule has 0 spiro atoms. The minimum absolute atomic E-state index is 0.235. The summed E-state index contributed by atoms with van der Waals surface area (Å²) in [7, 11) is 0. The molecule has 0 radical (unpaired) electrons. The minimum Gasteiger partial charge on any atom is -0.480 e. The molecular weight excluding hydrogens is 335 g/mol. The standard InChI is InChI=1S/C12H8Cl2N4O2S/c1-5-11(21-17-16-5)12-15-8-2-6(13)7(14)3-9(8)18(12)4-10(19)20/h2-3H,4H2,1H3,(H,19,20). The van der Waals surface area contributed by atoms with Crippen molar-refractivity contribution >= 4 is 51.7 Å². The van der Waals surface area contributed by atoms with Gasteiger partial charge in [-0.25, -0.2) is 4.98 Å². The first-order valence-electron chi connectivity index (χ1n) is 5.83. The number of imidazole rings is 1. The van der Waals surface area contributed by atoms with Crippen LogP contribution in [0.1, 0.15) is 5.69 Å². The average molecular weight is 343 g/mol. The predicted molar refractivity (Wildman–Crippen MR) is 81.0 cm³/mol. The van der Waals surface area contributed by atoms with E-state index >= 15 is 0 Å². The molecule has 2 aromatic heterocycles. The second-order valence-electron chi connectivity index (χ2n) is 4.36. The fraction of sp³-hybridized carbons (Fsp3) is 0.167. The lowest BCUT2D eigenvalue weighted by Crippen LogP contribution is -2.10. The van der Waals surface area contributed by atoms with Crippen molar-refractivity contribution in [2.45, 2.75) is 13.5 Å². The number of hydrogen-bond acceptors (Lipinski definition) is 5. The Morgan fingerprint density at radius 3 is 2.71 bits per heavy atom. The third kappa shape index (κ3) is 2.48. The molecule has 0 saturated carbocycles. The van der Waals surface area contributed by atoms with Crippen molar-refractivity contribution in [1.29, 1.82) is 0 Å². The Kier molecular flexibility index (Phi) is 3.56. The molecule has 6 nitrogen and oxygen atoms in total. The Morgan fingerprint density at radius 1 is 1.38 bits per heavy atom. The van der Waals surface area contributed by atoms with Gasteiger partial charge in [0.2, 0.25) is 0 Å². The molecule has 0 atom stereocenters. The summed E-state index contributed by atoms with van der Waals surface area (Å²) < 4.78 is 5.43. The van der Waals surface area contributed by atoms with Crippen LogP contribution in [0.2, 0.25) is 10.0 Å².